The average molecular weight is 553 g/mol. The standard InChI is InChI=1S/C12H22N5O14P3/c13-1-2-15-11(19)6-4-17(12(20)16-10(6)14)9-3-7(18)8(29-9)5-28-33(24,25)31-34(26,27)30-32(21,22)23/h4,7-9,18H,1-3,5,13H2,(H,15,19)(H,24,25)(H,26,27)(H2,14,16,20)(H2,21,22,23)/t7-,8+,9+/m0/s1. The summed E-state index contributed by atoms with van der Waals surface area (Å²) in [4.78, 5) is 63.5. The molecule has 1 amide bonds. The average Bonchev–Trinajstić information content (AvgIpc) is 3.02. The SMILES string of the molecule is NCCNC(=O)c1cn([C@H]2C[C@H](O)[C@@H](COP(=O)(O)OP(=O)(O)OP(=O)(O)O)O2)c(=O)nc1N. The minimum atomic E-state index is -5.72. The van der Waals surface area contributed by atoms with Gasteiger partial charge in [-0.15, -0.1) is 0 Å². The van der Waals surface area contributed by atoms with Crippen LogP contribution >= 0.6 is 23.5 Å². The molecule has 19 nitrogen and oxygen atoms in total. The highest BCUT2D eigenvalue weighted by molar-refractivity contribution is 7.66. The van der Waals surface area contributed by atoms with Crippen molar-refractivity contribution >= 4 is 35.2 Å². The number of phosphoric ester groups is 1. The summed E-state index contributed by atoms with van der Waals surface area (Å²) >= 11 is 0. The van der Waals surface area contributed by atoms with Crippen LogP contribution in [-0.4, -0.2) is 72.0 Å². The van der Waals surface area contributed by atoms with Gasteiger partial charge in [0.25, 0.3) is 5.91 Å². The molecule has 0 aromatic carbocycles. The van der Waals surface area contributed by atoms with Crippen molar-refractivity contribution in [1.29, 1.82) is 0 Å². The van der Waals surface area contributed by atoms with Gasteiger partial charge in [0.2, 0.25) is 0 Å². The number of rotatable bonds is 11. The molecule has 194 valence electrons. The number of aliphatic hydroxyl groups is 1. The minimum absolute atomic E-state index is 0.110. The first-order valence-electron chi connectivity index (χ1n) is 9.02. The molecule has 1 aromatic rings. The summed E-state index contributed by atoms with van der Waals surface area (Å²) in [6.45, 7) is -0.699. The summed E-state index contributed by atoms with van der Waals surface area (Å²) in [5.74, 6) is -1.06. The molecule has 2 rings (SSSR count). The Morgan fingerprint density at radius 1 is 1.24 bits per heavy atom. The van der Waals surface area contributed by atoms with Crippen molar-refractivity contribution in [3.05, 3.63) is 22.2 Å². The summed E-state index contributed by atoms with van der Waals surface area (Å²) < 4.78 is 51.5. The van der Waals surface area contributed by atoms with Gasteiger partial charge in [0.1, 0.15) is 18.1 Å². The van der Waals surface area contributed by atoms with Gasteiger partial charge in [-0.2, -0.15) is 13.6 Å². The molecule has 0 bridgehead atoms. The lowest BCUT2D eigenvalue weighted by atomic mass is 10.2. The predicted octanol–water partition coefficient (Wildman–Crippen LogP) is -2.49. The number of hydrogen-bond donors (Lipinski definition) is 8. The molecule has 22 heteroatoms. The number of anilines is 1. The normalized spacial score (nSPS) is 24.4. The van der Waals surface area contributed by atoms with Gasteiger partial charge >= 0.3 is 29.2 Å². The van der Waals surface area contributed by atoms with E-state index in [4.69, 9.17) is 30.9 Å². The Morgan fingerprint density at radius 2 is 1.88 bits per heavy atom. The molecule has 0 aliphatic carbocycles. The lowest BCUT2D eigenvalue weighted by molar-refractivity contribution is -0.0449. The fourth-order valence-corrected chi connectivity index (χ4v) is 5.68. The number of carbonyl (C=O) groups is 1. The highest BCUT2D eigenvalue weighted by Crippen LogP contribution is 2.66. The van der Waals surface area contributed by atoms with Crippen LogP contribution in [0, 0.1) is 0 Å². The number of nitrogens with two attached hydrogens (primary N) is 2. The first kappa shape index (κ1) is 28.7. The van der Waals surface area contributed by atoms with Crippen molar-refractivity contribution in [1.82, 2.24) is 14.9 Å². The highest BCUT2D eigenvalue weighted by Gasteiger charge is 2.43. The van der Waals surface area contributed by atoms with Gasteiger partial charge < -0.3 is 46.2 Å². The van der Waals surface area contributed by atoms with Crippen LogP contribution in [-0.2, 0) is 31.6 Å². The van der Waals surface area contributed by atoms with Gasteiger partial charge in [-0.3, -0.25) is 13.9 Å². The van der Waals surface area contributed by atoms with Gasteiger partial charge in [-0.05, 0) is 0 Å². The van der Waals surface area contributed by atoms with Crippen molar-refractivity contribution in [2.75, 3.05) is 25.4 Å². The number of hydrogen-bond acceptors (Lipinski definition) is 13. The quantitative estimate of drug-likeness (QED) is 0.131. The molecule has 2 unspecified atom stereocenters. The van der Waals surface area contributed by atoms with E-state index in [1.807, 2.05) is 0 Å². The third-order valence-electron chi connectivity index (χ3n) is 3.99. The number of nitrogens with zero attached hydrogens (tertiary/aromatic N) is 2. The van der Waals surface area contributed by atoms with E-state index in [2.05, 4.69) is 23.4 Å². The lowest BCUT2D eigenvalue weighted by Gasteiger charge is -2.19. The molecular formula is C12H22N5O14P3. The summed E-state index contributed by atoms with van der Waals surface area (Å²) in [6.07, 6.45) is -3.28. The van der Waals surface area contributed by atoms with Crippen molar-refractivity contribution in [2.24, 2.45) is 5.73 Å². The van der Waals surface area contributed by atoms with Crippen molar-refractivity contribution in [2.45, 2.75) is 24.9 Å². The Labute approximate surface area is 190 Å². The zero-order valence-corrected chi connectivity index (χ0v) is 19.6. The Bertz CT molecular complexity index is 1110. The fourth-order valence-electron chi connectivity index (χ4n) is 2.65. The van der Waals surface area contributed by atoms with Crippen LogP contribution < -0.4 is 22.5 Å². The van der Waals surface area contributed by atoms with Gasteiger partial charge in [-0.25, -0.2) is 18.5 Å². The van der Waals surface area contributed by atoms with Gasteiger partial charge in [0.05, 0.1) is 18.3 Å². The number of ether oxygens (including phenoxy) is 1. The lowest BCUT2D eigenvalue weighted by Crippen LogP contribution is -2.34. The summed E-state index contributed by atoms with van der Waals surface area (Å²) in [5, 5.41) is 12.6. The van der Waals surface area contributed by atoms with Crippen LogP contribution in [0.4, 0.5) is 5.82 Å². The predicted molar refractivity (Wildman–Crippen MR) is 109 cm³/mol. The largest absolute Gasteiger partial charge is 0.490 e. The third kappa shape index (κ3) is 8.28. The van der Waals surface area contributed by atoms with E-state index in [9.17, 15) is 33.3 Å². The number of nitrogen functional groups attached to an aromatic ring is 1. The molecule has 0 saturated carbocycles. The molecule has 1 aliphatic rings. The summed E-state index contributed by atoms with van der Waals surface area (Å²) in [5.41, 5.74) is 9.76. The van der Waals surface area contributed by atoms with Crippen LogP contribution in [0.1, 0.15) is 23.0 Å². The van der Waals surface area contributed by atoms with Crippen molar-refractivity contribution in [3.63, 3.8) is 0 Å². The number of aromatic nitrogens is 2. The topological polar surface area (TPSA) is 305 Å². The molecule has 0 spiro atoms. The monoisotopic (exact) mass is 553 g/mol. The van der Waals surface area contributed by atoms with E-state index in [0.29, 0.717) is 0 Å². The molecular weight excluding hydrogens is 531 g/mol. The Balaban J connectivity index is 2.09. The smallest absolute Gasteiger partial charge is 0.390 e. The van der Waals surface area contributed by atoms with Crippen molar-refractivity contribution in [3.8, 4) is 0 Å². The molecule has 34 heavy (non-hydrogen) atoms. The first-order valence-corrected chi connectivity index (χ1v) is 13.5. The van der Waals surface area contributed by atoms with E-state index < -0.39 is 60.1 Å². The van der Waals surface area contributed by atoms with Crippen LogP contribution in [0.3, 0.4) is 0 Å². The fraction of sp³-hybridized carbons (Fsp3) is 0.583. The number of nitrogens with one attached hydrogen (secondary N) is 1. The maximum Gasteiger partial charge on any atom is 0.490 e. The molecule has 1 saturated heterocycles. The summed E-state index contributed by atoms with van der Waals surface area (Å²) in [6, 6.07) is 0. The van der Waals surface area contributed by atoms with Crippen LogP contribution in [0.5, 0.6) is 0 Å². The Morgan fingerprint density at radius 3 is 2.47 bits per heavy atom. The third-order valence-corrected chi connectivity index (χ3v) is 7.79. The maximum atomic E-state index is 12.2. The molecule has 10 N–H and O–H groups in total. The van der Waals surface area contributed by atoms with E-state index in [1.165, 1.54) is 0 Å². The van der Waals surface area contributed by atoms with Gasteiger partial charge in [0, 0.05) is 25.7 Å². The molecule has 1 fully saturated rings. The number of aliphatic hydroxyl groups excluding tert-OH is 1. The zero-order valence-electron chi connectivity index (χ0n) is 16.9. The van der Waals surface area contributed by atoms with Crippen molar-refractivity contribution < 1.29 is 61.1 Å². The number of amides is 1. The Kier molecular flexibility index (Phi) is 9.29. The Hall–Kier alpha value is -1.56. The maximum absolute atomic E-state index is 12.2. The van der Waals surface area contributed by atoms with Crippen LogP contribution in [0.15, 0.2) is 11.0 Å². The van der Waals surface area contributed by atoms with E-state index in [0.717, 1.165) is 10.8 Å². The zero-order chi connectivity index (χ0) is 25.9. The molecule has 1 aliphatic heterocycles. The van der Waals surface area contributed by atoms with E-state index >= 15 is 0 Å². The molecule has 5 atom stereocenters. The first-order chi connectivity index (χ1) is 15.5. The minimum Gasteiger partial charge on any atom is -0.390 e. The van der Waals surface area contributed by atoms with E-state index in [1.54, 1.807) is 0 Å². The number of carbonyl (C=O) groups excluding carboxylic acids is 1. The van der Waals surface area contributed by atoms with E-state index in [-0.39, 0.29) is 30.9 Å². The number of phosphoric acid groups is 3. The second-order valence-corrected chi connectivity index (χ2v) is 11.0. The second-order valence-electron chi connectivity index (χ2n) is 6.59. The molecule has 2 heterocycles. The van der Waals surface area contributed by atoms with Crippen LogP contribution in [0.25, 0.3) is 0 Å². The summed E-state index contributed by atoms with van der Waals surface area (Å²) in [7, 11) is -16.7. The molecule has 1 aromatic heterocycles. The van der Waals surface area contributed by atoms with Gasteiger partial charge in [-0.1, -0.05) is 0 Å². The van der Waals surface area contributed by atoms with Gasteiger partial charge in [0.15, 0.2) is 0 Å². The van der Waals surface area contributed by atoms with Crippen LogP contribution in [0.2, 0.25) is 0 Å². The highest BCUT2D eigenvalue weighted by atomic mass is 31.3. The molecule has 0 radical (unpaired) electrons. The second kappa shape index (κ2) is 11.0.